The predicted octanol–water partition coefficient (Wildman–Crippen LogP) is 3.86. The third-order valence-electron chi connectivity index (χ3n) is 4.93. The Morgan fingerprint density at radius 2 is 2.04 bits per heavy atom. The van der Waals surface area contributed by atoms with Crippen LogP contribution in [0.25, 0.3) is 11.3 Å². The van der Waals surface area contributed by atoms with E-state index in [1.165, 1.54) is 0 Å². The summed E-state index contributed by atoms with van der Waals surface area (Å²) in [7, 11) is 1.66. The highest BCUT2D eigenvalue weighted by molar-refractivity contribution is 9.10. The van der Waals surface area contributed by atoms with Gasteiger partial charge in [-0.25, -0.2) is 0 Å². The Morgan fingerprint density at radius 1 is 1.25 bits per heavy atom. The Labute approximate surface area is 172 Å². The van der Waals surface area contributed by atoms with Gasteiger partial charge in [0.25, 0.3) is 5.91 Å². The molecule has 0 bridgehead atoms. The Bertz CT molecular complexity index is 971. The third-order valence-corrected chi connectivity index (χ3v) is 5.62. The highest BCUT2D eigenvalue weighted by atomic mass is 79.9. The molecule has 0 saturated carbocycles. The molecule has 0 aliphatic carbocycles. The Hall–Kier alpha value is -2.80. The summed E-state index contributed by atoms with van der Waals surface area (Å²) in [6.45, 7) is 1.59. The second-order valence-electron chi connectivity index (χ2n) is 6.75. The van der Waals surface area contributed by atoms with Crippen LogP contribution in [0.2, 0.25) is 0 Å². The van der Waals surface area contributed by atoms with Gasteiger partial charge in [-0.3, -0.25) is 9.89 Å². The summed E-state index contributed by atoms with van der Waals surface area (Å²) >= 11 is 3.44. The van der Waals surface area contributed by atoms with Crippen molar-refractivity contribution in [2.45, 2.75) is 12.5 Å². The third kappa shape index (κ3) is 3.89. The van der Waals surface area contributed by atoms with E-state index < -0.39 is 0 Å². The van der Waals surface area contributed by atoms with Gasteiger partial charge in [-0.1, -0.05) is 12.1 Å². The quantitative estimate of drug-likeness (QED) is 0.631. The number of benzene rings is 2. The standard InChI is InChI=1S/C21H21BrN4O2/c1-28-16-8-6-14(7-9-16)19-12-20(25-24-19)26-11-10-15(13-26)23-21(27)17-4-2-3-5-18(17)22/h2-9,12,15H,10-11,13H2,1H3,(H,23,27)(H,24,25). The number of hydrogen-bond acceptors (Lipinski definition) is 4. The van der Waals surface area contributed by atoms with Crippen LogP contribution in [0.3, 0.4) is 0 Å². The van der Waals surface area contributed by atoms with Crippen molar-refractivity contribution in [2.24, 2.45) is 0 Å². The van der Waals surface area contributed by atoms with Gasteiger partial charge in [-0.2, -0.15) is 5.10 Å². The summed E-state index contributed by atoms with van der Waals surface area (Å²) in [6, 6.07) is 17.5. The number of nitrogens with one attached hydrogen (secondary N) is 2. The number of rotatable bonds is 5. The zero-order valence-corrected chi connectivity index (χ0v) is 17.1. The molecule has 144 valence electrons. The van der Waals surface area contributed by atoms with Gasteiger partial charge < -0.3 is 15.0 Å². The number of H-pyrrole nitrogens is 1. The van der Waals surface area contributed by atoms with Gasteiger partial charge in [0.2, 0.25) is 0 Å². The van der Waals surface area contributed by atoms with Crippen LogP contribution in [0.15, 0.2) is 59.1 Å². The van der Waals surface area contributed by atoms with Crippen molar-refractivity contribution in [2.75, 3.05) is 25.1 Å². The zero-order valence-electron chi connectivity index (χ0n) is 15.5. The van der Waals surface area contributed by atoms with E-state index in [9.17, 15) is 4.79 Å². The smallest absolute Gasteiger partial charge is 0.252 e. The zero-order chi connectivity index (χ0) is 19.5. The van der Waals surface area contributed by atoms with Gasteiger partial charge in [0, 0.05) is 29.7 Å². The molecule has 0 radical (unpaired) electrons. The molecule has 7 heteroatoms. The lowest BCUT2D eigenvalue weighted by Gasteiger charge is -2.16. The SMILES string of the molecule is COc1ccc(-c2cc(N3CCC(NC(=O)c4ccccc4Br)C3)n[nH]2)cc1. The van der Waals surface area contributed by atoms with E-state index in [4.69, 9.17) is 4.74 Å². The molecule has 1 atom stereocenters. The minimum atomic E-state index is -0.0553. The van der Waals surface area contributed by atoms with Gasteiger partial charge in [0.15, 0.2) is 5.82 Å². The van der Waals surface area contributed by atoms with Crippen molar-refractivity contribution in [1.29, 1.82) is 0 Å². The Kier molecular flexibility index (Phi) is 5.34. The lowest BCUT2D eigenvalue weighted by molar-refractivity contribution is 0.0939. The van der Waals surface area contributed by atoms with Gasteiger partial charge in [-0.05, 0) is 64.3 Å². The molecule has 4 rings (SSSR count). The van der Waals surface area contributed by atoms with E-state index in [-0.39, 0.29) is 11.9 Å². The molecule has 1 aliphatic rings. The largest absolute Gasteiger partial charge is 0.497 e. The van der Waals surface area contributed by atoms with Gasteiger partial charge in [0.05, 0.1) is 18.4 Å². The van der Waals surface area contributed by atoms with Crippen LogP contribution >= 0.6 is 15.9 Å². The molecule has 2 aromatic carbocycles. The second-order valence-corrected chi connectivity index (χ2v) is 7.61. The number of aromatic nitrogens is 2. The van der Waals surface area contributed by atoms with Crippen molar-refractivity contribution in [3.05, 3.63) is 64.6 Å². The van der Waals surface area contributed by atoms with E-state index in [0.29, 0.717) is 5.56 Å². The number of hydrogen-bond donors (Lipinski definition) is 2. The van der Waals surface area contributed by atoms with Crippen LogP contribution in [-0.4, -0.2) is 42.3 Å². The predicted molar refractivity (Wildman–Crippen MR) is 113 cm³/mol. The molecule has 1 saturated heterocycles. The van der Waals surface area contributed by atoms with Crippen molar-refractivity contribution >= 4 is 27.7 Å². The number of ether oxygens (including phenoxy) is 1. The minimum Gasteiger partial charge on any atom is -0.497 e. The first kappa shape index (κ1) is 18.6. The van der Waals surface area contributed by atoms with Crippen molar-refractivity contribution in [1.82, 2.24) is 15.5 Å². The molecule has 1 fully saturated rings. The number of anilines is 1. The maximum atomic E-state index is 12.5. The van der Waals surface area contributed by atoms with Crippen molar-refractivity contribution in [3.8, 4) is 17.0 Å². The van der Waals surface area contributed by atoms with Crippen molar-refractivity contribution in [3.63, 3.8) is 0 Å². The number of carbonyl (C=O) groups is 1. The van der Waals surface area contributed by atoms with Crippen LogP contribution in [0.1, 0.15) is 16.8 Å². The molecule has 0 spiro atoms. The molecular formula is C21H21BrN4O2. The topological polar surface area (TPSA) is 70.2 Å². The fraction of sp³-hybridized carbons (Fsp3) is 0.238. The van der Waals surface area contributed by atoms with Crippen LogP contribution < -0.4 is 15.0 Å². The van der Waals surface area contributed by atoms with Crippen LogP contribution in [0.4, 0.5) is 5.82 Å². The molecular weight excluding hydrogens is 420 g/mol. The van der Waals surface area contributed by atoms with E-state index >= 15 is 0 Å². The molecule has 6 nitrogen and oxygen atoms in total. The van der Waals surface area contributed by atoms with E-state index in [0.717, 1.165) is 46.8 Å². The average Bonchev–Trinajstić information content (AvgIpc) is 3.38. The minimum absolute atomic E-state index is 0.0553. The summed E-state index contributed by atoms with van der Waals surface area (Å²) in [6.07, 6.45) is 0.890. The maximum absolute atomic E-state index is 12.5. The van der Waals surface area contributed by atoms with Gasteiger partial charge in [-0.15, -0.1) is 0 Å². The lowest BCUT2D eigenvalue weighted by Crippen LogP contribution is -2.37. The monoisotopic (exact) mass is 440 g/mol. The first-order valence-electron chi connectivity index (χ1n) is 9.14. The normalized spacial score (nSPS) is 16.2. The molecule has 2 heterocycles. The second kappa shape index (κ2) is 8.06. The Balaban J connectivity index is 1.40. The van der Waals surface area contributed by atoms with Crippen LogP contribution in [-0.2, 0) is 0 Å². The molecule has 3 aromatic rings. The molecule has 28 heavy (non-hydrogen) atoms. The highest BCUT2D eigenvalue weighted by Crippen LogP contribution is 2.26. The Morgan fingerprint density at radius 3 is 2.79 bits per heavy atom. The number of aromatic amines is 1. The van der Waals surface area contributed by atoms with E-state index in [2.05, 4.69) is 36.3 Å². The maximum Gasteiger partial charge on any atom is 0.252 e. The fourth-order valence-electron chi connectivity index (χ4n) is 3.39. The summed E-state index contributed by atoms with van der Waals surface area (Å²) in [5, 5.41) is 10.7. The summed E-state index contributed by atoms with van der Waals surface area (Å²) in [5.41, 5.74) is 2.67. The van der Waals surface area contributed by atoms with Gasteiger partial charge in [0.1, 0.15) is 5.75 Å². The van der Waals surface area contributed by atoms with E-state index in [1.807, 2.05) is 54.6 Å². The summed E-state index contributed by atoms with van der Waals surface area (Å²) < 4.78 is 6.01. The van der Waals surface area contributed by atoms with Crippen molar-refractivity contribution < 1.29 is 9.53 Å². The van der Waals surface area contributed by atoms with E-state index in [1.54, 1.807) is 7.11 Å². The summed E-state index contributed by atoms with van der Waals surface area (Å²) in [4.78, 5) is 14.7. The number of halogens is 1. The van der Waals surface area contributed by atoms with Crippen LogP contribution in [0, 0.1) is 0 Å². The average molecular weight is 441 g/mol. The molecule has 1 unspecified atom stereocenters. The summed E-state index contributed by atoms with van der Waals surface area (Å²) in [5.74, 6) is 1.66. The number of nitrogens with zero attached hydrogens (tertiary/aromatic N) is 2. The molecule has 1 aromatic heterocycles. The number of carbonyl (C=O) groups excluding carboxylic acids is 1. The number of amides is 1. The molecule has 2 N–H and O–H groups in total. The number of methoxy groups -OCH3 is 1. The molecule has 1 aliphatic heterocycles. The molecule has 1 amide bonds. The fourth-order valence-corrected chi connectivity index (χ4v) is 3.85. The highest BCUT2D eigenvalue weighted by Gasteiger charge is 2.26. The first-order valence-corrected chi connectivity index (χ1v) is 9.93. The van der Waals surface area contributed by atoms with Crippen LogP contribution in [0.5, 0.6) is 5.75 Å². The first-order chi connectivity index (χ1) is 13.6. The lowest BCUT2D eigenvalue weighted by atomic mass is 10.1. The van der Waals surface area contributed by atoms with Gasteiger partial charge >= 0.3 is 0 Å².